The molecule has 0 aliphatic heterocycles. The van der Waals surface area contributed by atoms with Crippen molar-refractivity contribution in [2.45, 2.75) is 19.8 Å². The second-order valence-electron chi connectivity index (χ2n) is 2.86. The summed E-state index contributed by atoms with van der Waals surface area (Å²) in [5, 5.41) is 0. The summed E-state index contributed by atoms with van der Waals surface area (Å²) in [7, 11) is 0. The average Bonchev–Trinajstić information content (AvgIpc) is 2.04. The van der Waals surface area contributed by atoms with Gasteiger partial charge in [0.15, 0.2) is 0 Å². The van der Waals surface area contributed by atoms with Gasteiger partial charge in [-0.1, -0.05) is 19.8 Å². The zero-order valence-electron chi connectivity index (χ0n) is 7.54. The van der Waals surface area contributed by atoms with E-state index in [1.165, 1.54) is 5.56 Å². The van der Waals surface area contributed by atoms with Gasteiger partial charge in [0.25, 0.3) is 0 Å². The van der Waals surface area contributed by atoms with Crippen LogP contribution in [0.3, 0.4) is 0 Å². The van der Waals surface area contributed by atoms with Crippen molar-refractivity contribution < 1.29 is 32.7 Å². The molecule has 1 heteroatoms. The zero-order valence-corrected chi connectivity index (χ0v) is 10.4. The summed E-state index contributed by atoms with van der Waals surface area (Å²) >= 11 is 0. The van der Waals surface area contributed by atoms with Gasteiger partial charge in [-0.15, -0.1) is 6.07 Å². The van der Waals surface area contributed by atoms with E-state index in [0.29, 0.717) is 5.92 Å². The maximum absolute atomic E-state index is 5.43. The molecular formula is C11H12Y-2. The van der Waals surface area contributed by atoms with Gasteiger partial charge in [-0.05, 0) is 0 Å². The van der Waals surface area contributed by atoms with Crippen LogP contribution < -0.4 is 0 Å². The molecule has 61 valence electrons. The summed E-state index contributed by atoms with van der Waals surface area (Å²) in [6.07, 6.45) is 1.61. The second-order valence-corrected chi connectivity index (χ2v) is 2.86. The maximum Gasteiger partial charge on any atom is 0 e. The first-order valence-electron chi connectivity index (χ1n) is 3.81. The average molecular weight is 233 g/mol. The Hall–Kier alpha value is 0.0639. The summed E-state index contributed by atoms with van der Waals surface area (Å²) in [6.45, 7) is 9.73. The van der Waals surface area contributed by atoms with Gasteiger partial charge in [0, 0.05) is 32.7 Å². The van der Waals surface area contributed by atoms with E-state index in [-0.39, 0.29) is 32.7 Å². The molecule has 0 nitrogen and oxygen atoms in total. The molecule has 0 heterocycles. The largest absolute Gasteiger partial charge is 0.344 e. The Morgan fingerprint density at radius 1 is 1.50 bits per heavy atom. The molecule has 0 N–H and O–H groups in total. The molecule has 12 heavy (non-hydrogen) atoms. The first-order valence-corrected chi connectivity index (χ1v) is 3.81. The van der Waals surface area contributed by atoms with Gasteiger partial charge in [-0.3, -0.25) is 0 Å². The Morgan fingerprint density at radius 2 is 2.17 bits per heavy atom. The first-order chi connectivity index (χ1) is 5.25. The minimum absolute atomic E-state index is 0. The molecule has 0 aliphatic carbocycles. The summed E-state index contributed by atoms with van der Waals surface area (Å²) in [5.74, 6) is 0.516. The van der Waals surface area contributed by atoms with Gasteiger partial charge in [0.05, 0.1) is 0 Å². The Morgan fingerprint density at radius 3 is 2.58 bits per heavy atom. The third kappa shape index (κ3) is 2.84. The third-order valence-electron chi connectivity index (χ3n) is 1.71. The smallest absolute Gasteiger partial charge is 0 e. The van der Waals surface area contributed by atoms with E-state index in [2.05, 4.69) is 26.0 Å². The van der Waals surface area contributed by atoms with Crippen molar-refractivity contribution in [2.75, 3.05) is 0 Å². The number of benzene rings is 1. The fourth-order valence-electron chi connectivity index (χ4n) is 1.11. The zero-order chi connectivity index (χ0) is 8.27. The quantitative estimate of drug-likeness (QED) is 0.688. The first kappa shape index (κ1) is 12.1. The van der Waals surface area contributed by atoms with Crippen LogP contribution in [0.4, 0.5) is 0 Å². The minimum Gasteiger partial charge on any atom is -0.344 e. The van der Waals surface area contributed by atoms with Gasteiger partial charge in [0.1, 0.15) is 0 Å². The predicted octanol–water partition coefficient (Wildman–Crippen LogP) is 3.05. The Balaban J connectivity index is 0.00000121. The van der Waals surface area contributed by atoms with Gasteiger partial charge < -0.3 is 18.2 Å². The van der Waals surface area contributed by atoms with Crippen molar-refractivity contribution in [1.29, 1.82) is 0 Å². The molecule has 0 aromatic heterocycles. The topological polar surface area (TPSA) is 0 Å². The number of rotatable bonds is 2. The molecule has 1 radical (unpaired) electrons. The van der Waals surface area contributed by atoms with Crippen molar-refractivity contribution >= 4 is 6.08 Å². The van der Waals surface area contributed by atoms with E-state index in [9.17, 15) is 0 Å². The fourth-order valence-corrected chi connectivity index (χ4v) is 1.11. The summed E-state index contributed by atoms with van der Waals surface area (Å²) in [6, 6.07) is 9.04. The second kappa shape index (κ2) is 5.67. The normalized spacial score (nSPS) is 9.25. The van der Waals surface area contributed by atoms with Crippen LogP contribution in [-0.4, -0.2) is 0 Å². The Labute approximate surface area is 100.0 Å². The molecule has 0 unspecified atom stereocenters. The Kier molecular flexibility index (Phi) is 5.70. The van der Waals surface area contributed by atoms with E-state index in [4.69, 9.17) is 6.58 Å². The van der Waals surface area contributed by atoms with Crippen LogP contribution in [-0.2, 0) is 32.7 Å². The van der Waals surface area contributed by atoms with Crippen LogP contribution in [0.15, 0.2) is 18.2 Å². The van der Waals surface area contributed by atoms with Crippen molar-refractivity contribution in [1.82, 2.24) is 0 Å². The van der Waals surface area contributed by atoms with Crippen LogP contribution >= 0.6 is 0 Å². The molecule has 0 saturated heterocycles. The van der Waals surface area contributed by atoms with Crippen molar-refractivity contribution in [2.24, 2.45) is 0 Å². The van der Waals surface area contributed by atoms with Gasteiger partial charge >= 0.3 is 0 Å². The molecule has 1 aromatic carbocycles. The standard InChI is InChI=1S/C11H12.Y/c1-4-10-7-5-6-8-11(10)9(2)3;/h1,4-6,8-9H,2-3H3;/q-2;. The van der Waals surface area contributed by atoms with Gasteiger partial charge in [-0.2, -0.15) is 12.1 Å². The molecule has 0 bridgehead atoms. The number of hydrogen-bond donors (Lipinski definition) is 0. The minimum atomic E-state index is 0. The molecule has 1 rings (SSSR count). The molecular weight excluding hydrogens is 221 g/mol. The van der Waals surface area contributed by atoms with Gasteiger partial charge in [-0.25, -0.2) is 11.6 Å². The summed E-state index contributed by atoms with van der Waals surface area (Å²) in [5.41, 5.74) is 2.28. The van der Waals surface area contributed by atoms with Crippen molar-refractivity contribution in [3.63, 3.8) is 0 Å². The molecule has 0 spiro atoms. The van der Waals surface area contributed by atoms with Crippen molar-refractivity contribution in [3.05, 3.63) is 42.0 Å². The van der Waals surface area contributed by atoms with E-state index < -0.39 is 0 Å². The molecule has 0 saturated carbocycles. The Bertz CT molecular complexity index is 251. The predicted molar refractivity (Wildman–Crippen MR) is 48.1 cm³/mol. The van der Waals surface area contributed by atoms with Crippen molar-refractivity contribution in [3.8, 4) is 0 Å². The van der Waals surface area contributed by atoms with Gasteiger partial charge in [0.2, 0.25) is 0 Å². The SMILES string of the molecule is [CH-]=Cc1[c-]cccc1C(C)C.[Y]. The number of hydrogen-bond acceptors (Lipinski definition) is 0. The molecule has 0 aliphatic rings. The summed E-state index contributed by atoms with van der Waals surface area (Å²) < 4.78 is 0. The molecule has 1 aromatic rings. The van der Waals surface area contributed by atoms with Crippen LogP contribution in [0.2, 0.25) is 0 Å². The van der Waals surface area contributed by atoms with Crippen LogP contribution in [0.25, 0.3) is 6.08 Å². The maximum atomic E-state index is 5.43. The van der Waals surface area contributed by atoms with E-state index in [0.717, 1.165) is 5.56 Å². The molecule has 0 atom stereocenters. The summed E-state index contributed by atoms with van der Waals surface area (Å²) in [4.78, 5) is 0. The third-order valence-corrected chi connectivity index (χ3v) is 1.71. The molecule has 0 fully saturated rings. The van der Waals surface area contributed by atoms with E-state index >= 15 is 0 Å². The van der Waals surface area contributed by atoms with E-state index in [1.807, 2.05) is 12.1 Å². The monoisotopic (exact) mass is 233 g/mol. The molecule has 0 amide bonds. The van der Waals surface area contributed by atoms with Crippen LogP contribution in [0.1, 0.15) is 30.9 Å². The van der Waals surface area contributed by atoms with Crippen LogP contribution in [0, 0.1) is 12.6 Å². The fraction of sp³-hybridized carbons (Fsp3) is 0.273. The van der Waals surface area contributed by atoms with Crippen LogP contribution in [0.5, 0.6) is 0 Å². The van der Waals surface area contributed by atoms with E-state index in [1.54, 1.807) is 6.08 Å².